The first-order chi connectivity index (χ1) is 14.4. The minimum atomic E-state index is -0.860. The number of aliphatic hydroxyl groups excluding tert-OH is 1. The van der Waals surface area contributed by atoms with Crippen LogP contribution in [0.4, 0.5) is 20.7 Å². The van der Waals surface area contributed by atoms with Crippen molar-refractivity contribution in [3.8, 4) is 0 Å². The van der Waals surface area contributed by atoms with Crippen molar-refractivity contribution in [3.63, 3.8) is 0 Å². The molecule has 160 valence electrons. The zero-order chi connectivity index (χ0) is 21.7. The molecule has 0 unspecified atom stereocenters. The number of nitrogens with zero attached hydrogens (tertiary/aromatic N) is 1. The Hall–Kier alpha value is -2.75. The van der Waals surface area contributed by atoms with Crippen molar-refractivity contribution in [2.24, 2.45) is 0 Å². The molecule has 0 saturated carbocycles. The topological polar surface area (TPSA) is 119 Å². The number of pyridine rings is 1. The summed E-state index contributed by atoms with van der Waals surface area (Å²) in [4.78, 5) is 17.0. The van der Waals surface area contributed by atoms with Crippen LogP contribution in [0.1, 0.15) is 29.8 Å². The van der Waals surface area contributed by atoms with Gasteiger partial charge < -0.3 is 25.9 Å². The van der Waals surface area contributed by atoms with Gasteiger partial charge in [-0.2, -0.15) is 0 Å². The Labute approximate surface area is 178 Å². The van der Waals surface area contributed by atoms with Gasteiger partial charge in [0.2, 0.25) is 0 Å². The third-order valence-electron chi connectivity index (χ3n) is 4.55. The van der Waals surface area contributed by atoms with E-state index in [1.807, 2.05) is 6.92 Å². The number of ether oxygens (including phenoxy) is 1. The lowest BCUT2D eigenvalue weighted by Gasteiger charge is -2.23. The smallest absolute Gasteiger partial charge is 0.320 e. The number of urea groups is 1. The summed E-state index contributed by atoms with van der Waals surface area (Å²) >= 11 is 5.74. The molecule has 1 aliphatic heterocycles. The average Bonchev–Trinajstić information content (AvgIpc) is 2.70. The number of nitrogens with one attached hydrogen (secondary N) is 4. The summed E-state index contributed by atoms with van der Waals surface area (Å²) < 4.78 is 19.5. The van der Waals surface area contributed by atoms with E-state index >= 15 is 0 Å². The summed E-state index contributed by atoms with van der Waals surface area (Å²) in [7, 11) is 0. The summed E-state index contributed by atoms with van der Waals surface area (Å²) in [6.07, 6.45) is 0.461. The maximum Gasteiger partial charge on any atom is 0.320 e. The van der Waals surface area contributed by atoms with Crippen LogP contribution in [0, 0.1) is 11.2 Å². The first-order valence-electron chi connectivity index (χ1n) is 9.47. The number of rotatable bonds is 4. The number of amides is 2. The predicted octanol–water partition coefficient (Wildman–Crippen LogP) is 3.10. The third kappa shape index (κ3) is 5.24. The molecule has 5 N–H and O–H groups in total. The fraction of sp³-hybridized carbons (Fsp3) is 0.350. The van der Waals surface area contributed by atoms with Crippen molar-refractivity contribution in [1.82, 2.24) is 10.3 Å². The Kier molecular flexibility index (Phi) is 7.20. The standard InChI is InChI=1S/C20H23ClFN5O3/c1-2-24-19-12(8-23)6-18-25-16(19)7-13(28)9-30-10-17(26-20(29)27-18)11-3-4-14(21)15(22)5-11/h3-6,8,13,17,23-24,28H,2,7,9-10H2,1H3,(H2,25,26,27,29)/t13-,17+/m0/s1. The van der Waals surface area contributed by atoms with E-state index in [0.29, 0.717) is 29.1 Å². The van der Waals surface area contributed by atoms with Gasteiger partial charge in [0.1, 0.15) is 11.6 Å². The van der Waals surface area contributed by atoms with Crippen LogP contribution in [0.5, 0.6) is 0 Å². The van der Waals surface area contributed by atoms with Crippen molar-refractivity contribution in [3.05, 3.63) is 51.9 Å². The number of fused-ring (bicyclic) bond motifs is 2. The van der Waals surface area contributed by atoms with E-state index in [-0.39, 0.29) is 30.5 Å². The normalized spacial score (nSPS) is 19.7. The van der Waals surface area contributed by atoms with Gasteiger partial charge in [-0.15, -0.1) is 0 Å². The number of aromatic nitrogens is 1. The molecule has 0 radical (unpaired) electrons. The molecule has 3 rings (SSSR count). The van der Waals surface area contributed by atoms with Gasteiger partial charge in [0.05, 0.1) is 41.8 Å². The molecular formula is C20H23ClFN5O3. The number of hydrogen-bond donors (Lipinski definition) is 5. The molecule has 2 atom stereocenters. The van der Waals surface area contributed by atoms with Crippen LogP contribution in [-0.2, 0) is 11.2 Å². The molecule has 30 heavy (non-hydrogen) atoms. The molecule has 1 aromatic carbocycles. The Morgan fingerprint density at radius 2 is 2.23 bits per heavy atom. The Morgan fingerprint density at radius 1 is 1.43 bits per heavy atom. The maximum absolute atomic E-state index is 13.9. The molecule has 2 aromatic rings. The minimum absolute atomic E-state index is 0.00668. The van der Waals surface area contributed by atoms with Crippen molar-refractivity contribution < 1.29 is 19.0 Å². The Bertz CT molecular complexity index is 943. The first-order valence-corrected chi connectivity index (χ1v) is 9.85. The highest BCUT2D eigenvalue weighted by molar-refractivity contribution is 6.30. The molecule has 10 heteroatoms. The molecule has 0 saturated heterocycles. The number of aliphatic hydroxyl groups is 1. The molecule has 1 aliphatic rings. The second-order valence-electron chi connectivity index (χ2n) is 6.81. The second-order valence-corrected chi connectivity index (χ2v) is 7.22. The van der Waals surface area contributed by atoms with Gasteiger partial charge in [0.25, 0.3) is 0 Å². The van der Waals surface area contributed by atoms with Crippen molar-refractivity contribution >= 4 is 35.4 Å². The van der Waals surface area contributed by atoms with Gasteiger partial charge in [-0.05, 0) is 30.7 Å². The molecule has 0 fully saturated rings. The lowest BCUT2D eigenvalue weighted by Crippen LogP contribution is -2.36. The number of hydrogen-bond acceptors (Lipinski definition) is 6. The molecule has 2 heterocycles. The summed E-state index contributed by atoms with van der Waals surface area (Å²) in [6, 6.07) is 4.56. The third-order valence-corrected chi connectivity index (χ3v) is 4.86. The zero-order valence-corrected chi connectivity index (χ0v) is 17.1. The number of carbonyl (C=O) groups excluding carboxylic acids is 1. The monoisotopic (exact) mass is 435 g/mol. The van der Waals surface area contributed by atoms with E-state index in [4.69, 9.17) is 21.7 Å². The van der Waals surface area contributed by atoms with Gasteiger partial charge in [0, 0.05) is 24.7 Å². The van der Waals surface area contributed by atoms with Crippen molar-refractivity contribution in [1.29, 1.82) is 5.41 Å². The van der Waals surface area contributed by atoms with E-state index in [9.17, 15) is 14.3 Å². The van der Waals surface area contributed by atoms with Crippen LogP contribution < -0.4 is 16.0 Å². The number of carbonyl (C=O) groups is 1. The highest BCUT2D eigenvalue weighted by Gasteiger charge is 2.21. The van der Waals surface area contributed by atoms with Gasteiger partial charge >= 0.3 is 6.03 Å². The van der Waals surface area contributed by atoms with Crippen LogP contribution in [0.2, 0.25) is 5.02 Å². The van der Waals surface area contributed by atoms with Gasteiger partial charge in [-0.1, -0.05) is 17.7 Å². The highest BCUT2D eigenvalue weighted by atomic mass is 35.5. The Morgan fingerprint density at radius 3 is 2.93 bits per heavy atom. The molecule has 2 amide bonds. The van der Waals surface area contributed by atoms with Crippen molar-refractivity contribution in [2.75, 3.05) is 30.4 Å². The number of anilines is 2. The lowest BCUT2D eigenvalue weighted by atomic mass is 10.1. The van der Waals surface area contributed by atoms with E-state index in [1.54, 1.807) is 12.1 Å². The fourth-order valence-corrected chi connectivity index (χ4v) is 3.31. The van der Waals surface area contributed by atoms with E-state index in [2.05, 4.69) is 20.9 Å². The van der Waals surface area contributed by atoms with Gasteiger partial charge in [-0.25, -0.2) is 14.2 Å². The van der Waals surface area contributed by atoms with Crippen LogP contribution in [0.25, 0.3) is 0 Å². The van der Waals surface area contributed by atoms with Crippen LogP contribution in [0.3, 0.4) is 0 Å². The van der Waals surface area contributed by atoms with Crippen LogP contribution >= 0.6 is 11.6 Å². The van der Waals surface area contributed by atoms with Crippen LogP contribution in [-0.4, -0.2) is 48.2 Å². The summed E-state index contributed by atoms with van der Waals surface area (Å²) in [6.45, 7) is 2.54. The van der Waals surface area contributed by atoms with Gasteiger partial charge in [-0.3, -0.25) is 5.32 Å². The number of halogens is 2. The first kappa shape index (κ1) is 21.9. The zero-order valence-electron chi connectivity index (χ0n) is 16.3. The quantitative estimate of drug-likeness (QED) is 0.473. The number of benzene rings is 1. The van der Waals surface area contributed by atoms with E-state index in [1.165, 1.54) is 12.1 Å². The lowest BCUT2D eigenvalue weighted by molar-refractivity contribution is 0.0283. The van der Waals surface area contributed by atoms with E-state index in [0.717, 1.165) is 6.21 Å². The molecular weight excluding hydrogens is 413 g/mol. The summed E-state index contributed by atoms with van der Waals surface area (Å²) in [5, 5.41) is 26.6. The largest absolute Gasteiger partial charge is 0.390 e. The van der Waals surface area contributed by atoms with Gasteiger partial charge in [0.15, 0.2) is 0 Å². The molecule has 0 aliphatic carbocycles. The maximum atomic E-state index is 13.9. The van der Waals surface area contributed by atoms with Crippen molar-refractivity contribution in [2.45, 2.75) is 25.5 Å². The molecule has 0 spiro atoms. The SMILES string of the molecule is CCNc1c(C=N)cc2nc1C[C@H](O)COC[C@H](c1ccc(Cl)c(F)c1)NC(=O)N2. The molecule has 2 bridgehead atoms. The Balaban J connectivity index is 1.93. The summed E-state index contributed by atoms with van der Waals surface area (Å²) in [5.74, 6) is -0.374. The average molecular weight is 436 g/mol. The molecule has 1 aromatic heterocycles. The highest BCUT2D eigenvalue weighted by Crippen LogP contribution is 2.25. The minimum Gasteiger partial charge on any atom is -0.390 e. The molecule has 8 nitrogen and oxygen atoms in total. The van der Waals surface area contributed by atoms with Crippen LogP contribution in [0.15, 0.2) is 24.3 Å². The summed E-state index contributed by atoms with van der Waals surface area (Å²) in [5.41, 5.74) is 2.14. The second kappa shape index (κ2) is 9.84. The van der Waals surface area contributed by atoms with E-state index < -0.39 is 24.0 Å². The predicted molar refractivity (Wildman–Crippen MR) is 113 cm³/mol. The fourth-order valence-electron chi connectivity index (χ4n) is 3.19.